The Balaban J connectivity index is 1.33. The molecule has 0 radical (unpaired) electrons. The lowest BCUT2D eigenvalue weighted by atomic mass is 10.1. The Bertz CT molecular complexity index is 1190. The Morgan fingerprint density at radius 3 is 2.81 bits per heavy atom. The van der Waals surface area contributed by atoms with Gasteiger partial charge in [0.2, 0.25) is 0 Å². The molecule has 0 aromatic carbocycles. The third-order valence-corrected chi connectivity index (χ3v) is 5.69. The van der Waals surface area contributed by atoms with Gasteiger partial charge in [-0.3, -0.25) is 4.90 Å². The van der Waals surface area contributed by atoms with Gasteiger partial charge in [-0.05, 0) is 49.7 Å². The predicted octanol–water partition coefficient (Wildman–Crippen LogP) is 4.06. The van der Waals surface area contributed by atoms with Crippen LogP contribution in [-0.4, -0.2) is 43.9 Å². The standard InChI is InChI=1S/C24H26N6O/c1-17-7-6-12-30-20(18(2)26-24(17)30)15-29-13-14-31-21(16-29)19-8-5-10-23(27-19)28-22-9-3-4-11-25-22/h3-12,21H,13-16H2,1-2H3,(H,25,27,28)/t21-/m1/s1. The van der Waals surface area contributed by atoms with Crippen LogP contribution in [-0.2, 0) is 11.3 Å². The van der Waals surface area contributed by atoms with Crippen molar-refractivity contribution in [3.05, 3.63) is 83.6 Å². The van der Waals surface area contributed by atoms with Crippen LogP contribution in [0.15, 0.2) is 60.9 Å². The summed E-state index contributed by atoms with van der Waals surface area (Å²) in [5.41, 5.74) is 5.47. The summed E-state index contributed by atoms with van der Waals surface area (Å²) < 4.78 is 8.30. The number of hydrogen-bond acceptors (Lipinski definition) is 6. The van der Waals surface area contributed by atoms with E-state index in [2.05, 4.69) is 51.8 Å². The molecule has 5 heterocycles. The number of ether oxygens (including phenoxy) is 1. The summed E-state index contributed by atoms with van der Waals surface area (Å²) in [4.78, 5) is 16.3. The van der Waals surface area contributed by atoms with Crippen LogP contribution in [0.2, 0.25) is 0 Å². The molecule has 1 saturated heterocycles. The van der Waals surface area contributed by atoms with Crippen molar-refractivity contribution in [2.24, 2.45) is 0 Å². The summed E-state index contributed by atoms with van der Waals surface area (Å²) in [5, 5.41) is 3.26. The maximum Gasteiger partial charge on any atom is 0.140 e. The number of aromatic nitrogens is 4. The third-order valence-electron chi connectivity index (χ3n) is 5.69. The summed E-state index contributed by atoms with van der Waals surface area (Å²) in [6.07, 6.45) is 3.79. The molecule has 1 fully saturated rings. The number of fused-ring (bicyclic) bond motifs is 1. The number of hydrogen-bond donors (Lipinski definition) is 1. The fourth-order valence-electron chi connectivity index (χ4n) is 4.06. The molecule has 4 aromatic heterocycles. The summed E-state index contributed by atoms with van der Waals surface area (Å²) in [7, 11) is 0. The number of rotatable bonds is 5. The molecule has 0 aliphatic carbocycles. The van der Waals surface area contributed by atoms with E-state index >= 15 is 0 Å². The van der Waals surface area contributed by atoms with Crippen molar-refractivity contribution in [2.75, 3.05) is 25.0 Å². The summed E-state index contributed by atoms with van der Waals surface area (Å²) in [5.74, 6) is 1.54. The minimum atomic E-state index is -0.0690. The van der Waals surface area contributed by atoms with E-state index in [0.717, 1.165) is 48.3 Å². The van der Waals surface area contributed by atoms with Gasteiger partial charge < -0.3 is 14.5 Å². The first kappa shape index (κ1) is 19.7. The molecule has 1 N–H and O–H groups in total. The average Bonchev–Trinajstić information content (AvgIpc) is 3.11. The maximum atomic E-state index is 6.09. The van der Waals surface area contributed by atoms with Gasteiger partial charge in [-0.1, -0.05) is 18.2 Å². The van der Waals surface area contributed by atoms with Gasteiger partial charge in [-0.15, -0.1) is 0 Å². The molecule has 0 saturated carbocycles. The number of morpholine rings is 1. The van der Waals surface area contributed by atoms with Gasteiger partial charge in [-0.2, -0.15) is 0 Å². The summed E-state index contributed by atoms with van der Waals surface area (Å²) in [6, 6.07) is 15.9. The highest BCUT2D eigenvalue weighted by Crippen LogP contribution is 2.25. The quantitative estimate of drug-likeness (QED) is 0.531. The molecular weight excluding hydrogens is 388 g/mol. The highest BCUT2D eigenvalue weighted by molar-refractivity contribution is 5.51. The van der Waals surface area contributed by atoms with Crippen LogP contribution >= 0.6 is 0 Å². The maximum absolute atomic E-state index is 6.09. The van der Waals surface area contributed by atoms with E-state index in [-0.39, 0.29) is 6.10 Å². The zero-order chi connectivity index (χ0) is 21.2. The van der Waals surface area contributed by atoms with Crippen molar-refractivity contribution >= 4 is 17.3 Å². The van der Waals surface area contributed by atoms with Crippen LogP contribution < -0.4 is 5.32 Å². The van der Waals surface area contributed by atoms with Gasteiger partial charge in [0.15, 0.2) is 0 Å². The molecule has 1 aliphatic heterocycles. The van der Waals surface area contributed by atoms with Gasteiger partial charge in [0.1, 0.15) is 23.4 Å². The van der Waals surface area contributed by atoms with Gasteiger partial charge >= 0.3 is 0 Å². The molecule has 1 aliphatic rings. The summed E-state index contributed by atoms with van der Waals surface area (Å²) >= 11 is 0. The smallest absolute Gasteiger partial charge is 0.140 e. The van der Waals surface area contributed by atoms with Crippen molar-refractivity contribution in [2.45, 2.75) is 26.5 Å². The van der Waals surface area contributed by atoms with E-state index in [4.69, 9.17) is 14.7 Å². The van der Waals surface area contributed by atoms with Crippen LogP contribution in [0.3, 0.4) is 0 Å². The van der Waals surface area contributed by atoms with Crippen molar-refractivity contribution in [3.63, 3.8) is 0 Å². The van der Waals surface area contributed by atoms with Crippen molar-refractivity contribution in [1.82, 2.24) is 24.3 Å². The fraction of sp³-hybridized carbons (Fsp3) is 0.292. The Kier molecular flexibility index (Phi) is 5.36. The van der Waals surface area contributed by atoms with E-state index in [0.29, 0.717) is 6.61 Å². The number of aryl methyl sites for hydroxylation is 2. The van der Waals surface area contributed by atoms with E-state index in [1.807, 2.05) is 36.4 Å². The van der Waals surface area contributed by atoms with Gasteiger partial charge in [0, 0.05) is 32.0 Å². The lowest BCUT2D eigenvalue weighted by Crippen LogP contribution is -2.38. The molecule has 4 aromatic rings. The van der Waals surface area contributed by atoms with Gasteiger partial charge in [-0.25, -0.2) is 15.0 Å². The van der Waals surface area contributed by atoms with Crippen LogP contribution in [0.25, 0.3) is 5.65 Å². The Morgan fingerprint density at radius 1 is 1.03 bits per heavy atom. The van der Waals surface area contributed by atoms with Gasteiger partial charge in [0.25, 0.3) is 0 Å². The lowest BCUT2D eigenvalue weighted by Gasteiger charge is -2.32. The monoisotopic (exact) mass is 414 g/mol. The molecule has 0 unspecified atom stereocenters. The normalized spacial score (nSPS) is 17.2. The van der Waals surface area contributed by atoms with E-state index in [1.54, 1.807) is 6.20 Å². The summed E-state index contributed by atoms with van der Waals surface area (Å²) in [6.45, 7) is 7.39. The third kappa shape index (κ3) is 4.15. The molecule has 0 amide bonds. The second kappa shape index (κ2) is 8.45. The molecule has 0 spiro atoms. The van der Waals surface area contributed by atoms with Crippen LogP contribution in [0.4, 0.5) is 11.6 Å². The first-order valence-corrected chi connectivity index (χ1v) is 10.6. The topological polar surface area (TPSA) is 67.6 Å². The molecule has 5 rings (SSSR count). The SMILES string of the molecule is Cc1nc2c(C)cccn2c1CN1CCO[C@@H](c2cccc(Nc3ccccn3)n2)C1. The molecule has 158 valence electrons. The number of imidazole rings is 1. The average molecular weight is 415 g/mol. The van der Waals surface area contributed by atoms with Crippen LogP contribution in [0.1, 0.15) is 28.7 Å². The minimum absolute atomic E-state index is 0.0690. The number of nitrogens with one attached hydrogen (secondary N) is 1. The second-order valence-electron chi connectivity index (χ2n) is 7.91. The van der Waals surface area contributed by atoms with Crippen LogP contribution in [0.5, 0.6) is 0 Å². The molecule has 1 atom stereocenters. The minimum Gasteiger partial charge on any atom is -0.369 e. The number of anilines is 2. The van der Waals surface area contributed by atoms with Crippen molar-refractivity contribution in [3.8, 4) is 0 Å². The first-order valence-electron chi connectivity index (χ1n) is 10.6. The largest absolute Gasteiger partial charge is 0.369 e. The Labute approximate surface area is 181 Å². The Hall–Kier alpha value is -3.29. The van der Waals surface area contributed by atoms with E-state index in [1.165, 1.54) is 11.3 Å². The number of pyridine rings is 3. The van der Waals surface area contributed by atoms with Crippen LogP contribution in [0, 0.1) is 13.8 Å². The molecule has 7 nitrogen and oxygen atoms in total. The molecule has 31 heavy (non-hydrogen) atoms. The molecular formula is C24H26N6O. The highest BCUT2D eigenvalue weighted by Gasteiger charge is 2.25. The fourth-order valence-corrected chi connectivity index (χ4v) is 4.06. The Morgan fingerprint density at radius 2 is 1.94 bits per heavy atom. The van der Waals surface area contributed by atoms with Gasteiger partial charge in [0.05, 0.1) is 23.7 Å². The molecule has 0 bridgehead atoms. The number of nitrogens with zero attached hydrogens (tertiary/aromatic N) is 5. The van der Waals surface area contributed by atoms with E-state index in [9.17, 15) is 0 Å². The predicted molar refractivity (Wildman–Crippen MR) is 120 cm³/mol. The molecule has 7 heteroatoms. The first-order chi connectivity index (χ1) is 15.2. The lowest BCUT2D eigenvalue weighted by molar-refractivity contribution is -0.0354. The zero-order valence-electron chi connectivity index (χ0n) is 17.8. The second-order valence-corrected chi connectivity index (χ2v) is 7.91. The van der Waals surface area contributed by atoms with Crippen molar-refractivity contribution < 1.29 is 4.74 Å². The zero-order valence-corrected chi connectivity index (χ0v) is 17.8. The van der Waals surface area contributed by atoms with Crippen molar-refractivity contribution in [1.29, 1.82) is 0 Å². The van der Waals surface area contributed by atoms with E-state index < -0.39 is 0 Å². The highest BCUT2D eigenvalue weighted by atomic mass is 16.5.